The minimum atomic E-state index is -0.363. The molecule has 0 saturated carbocycles. The lowest BCUT2D eigenvalue weighted by Crippen LogP contribution is -2.35. The van der Waals surface area contributed by atoms with Crippen LogP contribution in [0.25, 0.3) is 11.1 Å². The zero-order chi connectivity index (χ0) is 37.5. The van der Waals surface area contributed by atoms with E-state index in [4.69, 9.17) is 9.47 Å². The van der Waals surface area contributed by atoms with Crippen molar-refractivity contribution in [3.05, 3.63) is 77.9 Å². The number of carbonyl (C=O) groups is 4. The molecule has 53 heavy (non-hydrogen) atoms. The van der Waals surface area contributed by atoms with E-state index in [1.54, 1.807) is 40.6 Å². The number of methoxy groups -OCH3 is 1. The van der Waals surface area contributed by atoms with Gasteiger partial charge in [-0.05, 0) is 62.2 Å². The standard InChI is InChI=1S/C39H46N8O6/c1-40-12-13-41-37(49)33-16-27(22-45(33)2)26-7-9-28(10-8-26)44-38(50)34-17-29(23-46(34)3)42-20-25(24-48)11-15-53-36-19-32-31(18-35(36)52-4)39(51)47-14-5-6-30(47)21-43-32/h7-10,16-19,21-25,30,40,42H,5-6,11-15,20H2,1-4H3,(H,41,49)(H,44,50)/t25?,30-/m1/s1. The van der Waals surface area contributed by atoms with Gasteiger partial charge in [-0.3, -0.25) is 19.4 Å². The van der Waals surface area contributed by atoms with Gasteiger partial charge in [0.25, 0.3) is 17.7 Å². The van der Waals surface area contributed by atoms with Gasteiger partial charge < -0.3 is 49.6 Å². The number of fused-ring (bicyclic) bond motifs is 2. The normalized spacial score (nSPS) is 15.3. The average molecular weight is 723 g/mol. The van der Waals surface area contributed by atoms with Crippen molar-refractivity contribution in [2.45, 2.75) is 25.3 Å². The van der Waals surface area contributed by atoms with Crippen molar-refractivity contribution in [3.8, 4) is 22.6 Å². The number of benzene rings is 2. The molecule has 3 amide bonds. The van der Waals surface area contributed by atoms with Crippen LogP contribution in [0.1, 0.15) is 50.6 Å². The quantitative estimate of drug-likeness (QED) is 0.0987. The van der Waals surface area contributed by atoms with Crippen molar-refractivity contribution in [1.29, 1.82) is 0 Å². The number of hydrogen-bond donors (Lipinski definition) is 4. The lowest BCUT2D eigenvalue weighted by molar-refractivity contribution is -0.111. The number of hydrogen-bond acceptors (Lipinski definition) is 9. The second-order valence-electron chi connectivity index (χ2n) is 13.3. The molecule has 4 N–H and O–H groups in total. The predicted octanol–water partition coefficient (Wildman–Crippen LogP) is 4.26. The van der Waals surface area contributed by atoms with E-state index >= 15 is 0 Å². The summed E-state index contributed by atoms with van der Waals surface area (Å²) in [7, 11) is 6.98. The number of aryl methyl sites for hydroxylation is 2. The molecule has 4 heterocycles. The minimum Gasteiger partial charge on any atom is -0.493 e. The van der Waals surface area contributed by atoms with E-state index in [0.29, 0.717) is 78.1 Å². The highest BCUT2D eigenvalue weighted by Gasteiger charge is 2.32. The number of amides is 3. The Morgan fingerprint density at radius 3 is 2.49 bits per heavy atom. The Morgan fingerprint density at radius 1 is 0.962 bits per heavy atom. The minimum absolute atomic E-state index is 0.00473. The summed E-state index contributed by atoms with van der Waals surface area (Å²) in [5, 5.41) is 12.1. The summed E-state index contributed by atoms with van der Waals surface area (Å²) >= 11 is 0. The monoisotopic (exact) mass is 722 g/mol. The SMILES string of the molecule is CNCCNC(=O)c1cc(-c2ccc(NC(=O)c3cc(NCC(C=O)CCOc4cc5c(cc4OC)C(=O)N4CCC[C@@H]4C=N5)cn3C)cc2)cn1C. The number of nitrogens with one attached hydrogen (secondary N) is 4. The van der Waals surface area contributed by atoms with Gasteiger partial charge in [0, 0.05) is 82.1 Å². The van der Waals surface area contributed by atoms with Crippen molar-refractivity contribution in [3.63, 3.8) is 0 Å². The van der Waals surface area contributed by atoms with Crippen LogP contribution in [0.3, 0.4) is 0 Å². The molecule has 278 valence electrons. The van der Waals surface area contributed by atoms with Crippen molar-refractivity contribution < 1.29 is 28.7 Å². The summed E-state index contributed by atoms with van der Waals surface area (Å²) in [6.07, 6.45) is 8.70. The summed E-state index contributed by atoms with van der Waals surface area (Å²) in [6.45, 7) is 2.51. The third-order valence-electron chi connectivity index (χ3n) is 9.58. The lowest BCUT2D eigenvalue weighted by Gasteiger charge is -2.20. The van der Waals surface area contributed by atoms with Gasteiger partial charge in [-0.25, -0.2) is 0 Å². The molecule has 2 aromatic heterocycles. The number of aliphatic imine (C=N–C) groups is 1. The highest BCUT2D eigenvalue weighted by molar-refractivity contribution is 6.04. The number of carbonyl (C=O) groups excluding carboxylic acids is 4. The van der Waals surface area contributed by atoms with Gasteiger partial charge >= 0.3 is 0 Å². The maximum Gasteiger partial charge on any atom is 0.272 e. The Hall–Kier alpha value is -5.89. The van der Waals surface area contributed by atoms with E-state index in [0.717, 1.165) is 30.3 Å². The van der Waals surface area contributed by atoms with E-state index in [1.807, 2.05) is 61.7 Å². The molecule has 0 spiro atoms. The Labute approximate surface area is 308 Å². The molecule has 14 nitrogen and oxygen atoms in total. The molecule has 1 unspecified atom stereocenters. The van der Waals surface area contributed by atoms with E-state index in [-0.39, 0.29) is 36.3 Å². The first kappa shape index (κ1) is 36.9. The van der Waals surface area contributed by atoms with Crippen molar-refractivity contribution in [1.82, 2.24) is 24.7 Å². The van der Waals surface area contributed by atoms with Crippen LogP contribution in [-0.2, 0) is 18.9 Å². The molecule has 2 aliphatic heterocycles. The predicted molar refractivity (Wildman–Crippen MR) is 204 cm³/mol. The summed E-state index contributed by atoms with van der Waals surface area (Å²) in [5.41, 5.74) is 5.16. The Kier molecular flexibility index (Phi) is 11.6. The van der Waals surface area contributed by atoms with E-state index in [1.165, 1.54) is 7.11 Å². The fraction of sp³-hybridized carbons (Fsp3) is 0.359. The molecule has 0 radical (unpaired) electrons. The second-order valence-corrected chi connectivity index (χ2v) is 13.3. The van der Waals surface area contributed by atoms with Crippen LogP contribution >= 0.6 is 0 Å². The number of rotatable bonds is 16. The number of nitrogens with zero attached hydrogens (tertiary/aromatic N) is 4. The Balaban J connectivity index is 1.01. The van der Waals surface area contributed by atoms with Gasteiger partial charge in [-0.1, -0.05) is 12.1 Å². The molecule has 0 bridgehead atoms. The molecule has 4 aromatic rings. The van der Waals surface area contributed by atoms with E-state index in [2.05, 4.69) is 26.3 Å². The summed E-state index contributed by atoms with van der Waals surface area (Å²) < 4.78 is 15.1. The van der Waals surface area contributed by atoms with Crippen LogP contribution in [0, 0.1) is 5.92 Å². The number of aromatic nitrogens is 2. The van der Waals surface area contributed by atoms with Crippen molar-refractivity contribution >= 4 is 47.3 Å². The second kappa shape index (κ2) is 16.6. The molecule has 2 atom stereocenters. The maximum absolute atomic E-state index is 13.2. The van der Waals surface area contributed by atoms with Crippen molar-refractivity contribution in [2.24, 2.45) is 25.0 Å². The highest BCUT2D eigenvalue weighted by atomic mass is 16.5. The number of anilines is 2. The molecular formula is C39H46N8O6. The largest absolute Gasteiger partial charge is 0.493 e. The van der Waals surface area contributed by atoms with Gasteiger partial charge in [-0.15, -0.1) is 0 Å². The van der Waals surface area contributed by atoms with Crippen LogP contribution in [0.5, 0.6) is 11.5 Å². The Morgan fingerprint density at radius 2 is 1.74 bits per heavy atom. The first-order valence-electron chi connectivity index (χ1n) is 17.8. The first-order valence-corrected chi connectivity index (χ1v) is 17.8. The zero-order valence-corrected chi connectivity index (χ0v) is 30.5. The average Bonchev–Trinajstić information content (AvgIpc) is 3.88. The molecule has 2 aromatic carbocycles. The van der Waals surface area contributed by atoms with Crippen LogP contribution in [0.15, 0.2) is 65.9 Å². The fourth-order valence-corrected chi connectivity index (χ4v) is 6.58. The van der Waals surface area contributed by atoms with Gasteiger partial charge in [0.15, 0.2) is 11.5 Å². The number of ether oxygens (including phenoxy) is 2. The summed E-state index contributed by atoms with van der Waals surface area (Å²) in [6, 6.07) is 14.4. The van der Waals surface area contributed by atoms with Crippen LogP contribution < -0.4 is 30.7 Å². The van der Waals surface area contributed by atoms with E-state index < -0.39 is 0 Å². The van der Waals surface area contributed by atoms with Gasteiger partial charge in [0.2, 0.25) is 0 Å². The molecule has 6 rings (SSSR count). The number of aldehydes is 1. The van der Waals surface area contributed by atoms with Gasteiger partial charge in [0.05, 0.1) is 36.7 Å². The van der Waals surface area contributed by atoms with Gasteiger partial charge in [0.1, 0.15) is 17.7 Å². The molecule has 14 heteroatoms. The molecular weight excluding hydrogens is 676 g/mol. The molecule has 1 fully saturated rings. The topological polar surface area (TPSA) is 160 Å². The maximum atomic E-state index is 13.2. The van der Waals surface area contributed by atoms with Crippen LogP contribution in [-0.4, -0.2) is 97.2 Å². The zero-order valence-electron chi connectivity index (χ0n) is 30.5. The summed E-state index contributed by atoms with van der Waals surface area (Å²) in [4.78, 5) is 57.3. The molecule has 1 saturated heterocycles. The molecule has 0 aliphatic carbocycles. The Bertz CT molecular complexity index is 2000. The first-order chi connectivity index (χ1) is 25.7. The van der Waals surface area contributed by atoms with E-state index in [9.17, 15) is 19.2 Å². The van der Waals surface area contributed by atoms with Crippen LogP contribution in [0.2, 0.25) is 0 Å². The van der Waals surface area contributed by atoms with Crippen LogP contribution in [0.4, 0.5) is 17.1 Å². The third kappa shape index (κ3) is 8.44. The summed E-state index contributed by atoms with van der Waals surface area (Å²) in [5.74, 6) is 0.0456. The van der Waals surface area contributed by atoms with Gasteiger partial charge in [-0.2, -0.15) is 0 Å². The molecule has 2 aliphatic rings. The smallest absolute Gasteiger partial charge is 0.272 e. The van der Waals surface area contributed by atoms with Crippen molar-refractivity contribution in [2.75, 3.05) is 57.6 Å². The fourth-order valence-electron chi connectivity index (χ4n) is 6.58. The lowest BCUT2D eigenvalue weighted by atomic mass is 10.1. The number of likely N-dealkylation sites (N-methyl/N-ethyl adjacent to an activating group) is 1. The third-order valence-corrected chi connectivity index (χ3v) is 9.58. The highest BCUT2D eigenvalue weighted by Crippen LogP contribution is 2.38.